The van der Waals surface area contributed by atoms with Gasteiger partial charge in [-0.2, -0.15) is 26.3 Å². The first-order chi connectivity index (χ1) is 8.01. The molecule has 0 unspecified atom stereocenters. The Morgan fingerprint density at radius 3 is 2.00 bits per heavy atom. The molecule has 0 spiro atoms. The normalized spacial score (nSPS) is 12.9. The van der Waals surface area contributed by atoms with E-state index in [0.29, 0.717) is 5.56 Å². The van der Waals surface area contributed by atoms with Crippen LogP contribution in [-0.4, -0.2) is 18.5 Å². The first kappa shape index (κ1) is 14.5. The number of hydrogen-bond acceptors (Lipinski definition) is 2. The summed E-state index contributed by atoms with van der Waals surface area (Å²) in [6.07, 6.45) is -15.0. The number of hydrogen-bond donors (Lipinski definition) is 1. The summed E-state index contributed by atoms with van der Waals surface area (Å²) in [4.78, 5) is 0. The van der Waals surface area contributed by atoms with Crippen molar-refractivity contribution >= 4 is 5.69 Å². The average molecular weight is 273 g/mol. The molecule has 1 aromatic carbocycles. The minimum Gasteiger partial charge on any atom is -0.469 e. The van der Waals surface area contributed by atoms with E-state index in [0.717, 1.165) is 6.07 Å². The smallest absolute Gasteiger partial charge is 0.434 e. The number of ether oxygens (including phenoxy) is 1. The Morgan fingerprint density at radius 2 is 1.56 bits per heavy atom. The maximum atomic E-state index is 12.2. The van der Waals surface area contributed by atoms with Crippen molar-refractivity contribution in [3.8, 4) is 5.75 Å². The fourth-order valence-electron chi connectivity index (χ4n) is 1.19. The van der Waals surface area contributed by atoms with Crippen LogP contribution in [0.15, 0.2) is 18.2 Å². The highest BCUT2D eigenvalue weighted by Crippen LogP contribution is 2.37. The molecule has 0 bridgehead atoms. The van der Waals surface area contributed by atoms with Crippen LogP contribution in [0.2, 0.25) is 0 Å². The second-order valence-electron chi connectivity index (χ2n) is 3.62. The summed E-state index contributed by atoms with van der Waals surface area (Å²) < 4.78 is 77.5. The van der Waals surface area contributed by atoms with Crippen molar-refractivity contribution in [2.45, 2.75) is 25.4 Å². The van der Waals surface area contributed by atoms with Crippen LogP contribution in [0.25, 0.3) is 0 Å². The Kier molecular flexibility index (Phi) is 3.68. The van der Waals surface area contributed by atoms with Gasteiger partial charge in [0.1, 0.15) is 5.75 Å². The van der Waals surface area contributed by atoms with E-state index in [-0.39, 0.29) is 5.69 Å². The molecular weight excluding hydrogens is 264 g/mol. The van der Waals surface area contributed by atoms with E-state index in [2.05, 4.69) is 4.74 Å². The second-order valence-corrected chi connectivity index (χ2v) is 3.62. The van der Waals surface area contributed by atoms with Gasteiger partial charge in [0.05, 0.1) is 5.69 Å². The summed E-state index contributed by atoms with van der Waals surface area (Å²) >= 11 is 0. The van der Waals surface area contributed by atoms with Crippen molar-refractivity contribution in [3.05, 3.63) is 23.8 Å². The van der Waals surface area contributed by atoms with Crippen molar-refractivity contribution in [1.29, 1.82) is 0 Å². The molecule has 0 atom stereocenters. The van der Waals surface area contributed by atoms with Crippen LogP contribution in [0.3, 0.4) is 0 Å². The molecule has 0 fully saturated rings. The van der Waals surface area contributed by atoms with Gasteiger partial charge >= 0.3 is 12.4 Å². The van der Waals surface area contributed by atoms with Gasteiger partial charge in [-0.3, -0.25) is 0 Å². The number of nitrogens with two attached hydrogens (primary N) is 1. The largest absolute Gasteiger partial charge is 0.469 e. The topological polar surface area (TPSA) is 35.2 Å². The second kappa shape index (κ2) is 4.58. The molecule has 1 rings (SSSR count). The van der Waals surface area contributed by atoms with Crippen LogP contribution in [0, 0.1) is 6.92 Å². The van der Waals surface area contributed by atoms with Gasteiger partial charge in [0.15, 0.2) is 0 Å². The molecule has 1 aromatic rings. The van der Waals surface area contributed by atoms with Crippen LogP contribution >= 0.6 is 0 Å². The molecule has 8 heteroatoms. The zero-order valence-electron chi connectivity index (χ0n) is 9.06. The molecule has 0 aliphatic carbocycles. The lowest BCUT2D eigenvalue weighted by Crippen LogP contribution is -2.46. The average Bonchev–Trinajstić information content (AvgIpc) is 2.15. The summed E-state index contributed by atoms with van der Waals surface area (Å²) in [7, 11) is 0. The SMILES string of the molecule is Cc1ccc(N)c(OC(C(F)(F)F)C(F)(F)F)c1. The van der Waals surface area contributed by atoms with Gasteiger partial charge in [-0.1, -0.05) is 6.07 Å². The Bertz CT molecular complexity index is 411. The molecule has 0 aliphatic rings. The van der Waals surface area contributed by atoms with E-state index in [4.69, 9.17) is 5.73 Å². The van der Waals surface area contributed by atoms with Gasteiger partial charge in [-0.25, -0.2) is 0 Å². The Labute approximate surface area is 98.3 Å². The minimum absolute atomic E-state index is 0.293. The van der Waals surface area contributed by atoms with Crippen LogP contribution in [-0.2, 0) is 0 Å². The van der Waals surface area contributed by atoms with Crippen molar-refractivity contribution < 1.29 is 31.1 Å². The number of anilines is 1. The molecule has 0 saturated carbocycles. The van der Waals surface area contributed by atoms with E-state index >= 15 is 0 Å². The minimum atomic E-state index is -5.56. The quantitative estimate of drug-likeness (QED) is 0.661. The molecule has 2 N–H and O–H groups in total. The predicted molar refractivity (Wildman–Crippen MR) is 52.1 cm³/mol. The van der Waals surface area contributed by atoms with Crippen molar-refractivity contribution in [3.63, 3.8) is 0 Å². The number of halogens is 6. The zero-order chi connectivity index (χ0) is 14.1. The Hall–Kier alpha value is -1.60. The van der Waals surface area contributed by atoms with Gasteiger partial charge in [0.25, 0.3) is 6.10 Å². The number of nitrogen functional groups attached to an aromatic ring is 1. The van der Waals surface area contributed by atoms with Gasteiger partial charge in [0, 0.05) is 0 Å². The van der Waals surface area contributed by atoms with Gasteiger partial charge < -0.3 is 10.5 Å². The number of rotatable bonds is 2. The third kappa shape index (κ3) is 3.44. The Balaban J connectivity index is 3.08. The highest BCUT2D eigenvalue weighted by atomic mass is 19.4. The summed E-state index contributed by atoms with van der Waals surface area (Å²) in [6.45, 7) is 1.49. The van der Waals surface area contributed by atoms with Gasteiger partial charge in [-0.05, 0) is 24.6 Å². The maximum absolute atomic E-state index is 12.2. The van der Waals surface area contributed by atoms with E-state index in [1.54, 1.807) is 0 Å². The van der Waals surface area contributed by atoms with Crippen molar-refractivity contribution in [1.82, 2.24) is 0 Å². The molecule has 0 saturated heterocycles. The summed E-state index contributed by atoms with van der Waals surface area (Å²) in [6, 6.07) is 3.63. The van der Waals surface area contributed by atoms with Crippen LogP contribution < -0.4 is 10.5 Å². The molecule has 0 radical (unpaired) electrons. The zero-order valence-corrected chi connectivity index (χ0v) is 9.06. The van der Waals surface area contributed by atoms with E-state index < -0.39 is 24.2 Å². The highest BCUT2D eigenvalue weighted by Gasteiger charge is 2.59. The van der Waals surface area contributed by atoms with E-state index in [9.17, 15) is 26.3 Å². The van der Waals surface area contributed by atoms with E-state index in [1.807, 2.05) is 0 Å². The molecule has 18 heavy (non-hydrogen) atoms. The molecule has 0 aliphatic heterocycles. The summed E-state index contributed by atoms with van der Waals surface area (Å²) in [5, 5.41) is 0. The lowest BCUT2D eigenvalue weighted by Gasteiger charge is -2.24. The third-order valence-corrected chi connectivity index (χ3v) is 2.01. The number of benzene rings is 1. The molecule has 0 heterocycles. The Morgan fingerprint density at radius 1 is 1.06 bits per heavy atom. The highest BCUT2D eigenvalue weighted by molar-refractivity contribution is 5.53. The standard InChI is InChI=1S/C10H9F6NO/c1-5-2-3-6(17)7(4-5)18-8(9(11,12)13)10(14,15)16/h2-4,8H,17H2,1H3. The van der Waals surface area contributed by atoms with Gasteiger partial charge in [-0.15, -0.1) is 0 Å². The van der Waals surface area contributed by atoms with Gasteiger partial charge in [0.2, 0.25) is 0 Å². The monoisotopic (exact) mass is 273 g/mol. The van der Waals surface area contributed by atoms with Crippen molar-refractivity contribution in [2.24, 2.45) is 0 Å². The lowest BCUT2D eigenvalue weighted by molar-refractivity contribution is -0.299. The summed E-state index contributed by atoms with van der Waals surface area (Å²) in [5.74, 6) is -0.644. The molecule has 2 nitrogen and oxygen atoms in total. The lowest BCUT2D eigenvalue weighted by atomic mass is 10.2. The van der Waals surface area contributed by atoms with Crippen molar-refractivity contribution in [2.75, 3.05) is 5.73 Å². The summed E-state index contributed by atoms with van der Waals surface area (Å²) in [5.41, 5.74) is 5.40. The van der Waals surface area contributed by atoms with Crippen LogP contribution in [0.4, 0.5) is 32.0 Å². The maximum Gasteiger partial charge on any atom is 0.434 e. The first-order valence-corrected chi connectivity index (χ1v) is 4.68. The predicted octanol–water partition coefficient (Wildman–Crippen LogP) is 3.45. The molecule has 0 aromatic heterocycles. The van der Waals surface area contributed by atoms with Crippen LogP contribution in [0.1, 0.15) is 5.56 Å². The van der Waals surface area contributed by atoms with E-state index in [1.165, 1.54) is 19.1 Å². The fourth-order valence-corrected chi connectivity index (χ4v) is 1.19. The van der Waals surface area contributed by atoms with Crippen LogP contribution in [0.5, 0.6) is 5.75 Å². The third-order valence-electron chi connectivity index (χ3n) is 2.01. The molecule has 0 amide bonds. The fraction of sp³-hybridized carbons (Fsp3) is 0.400. The number of alkyl halides is 6. The number of aryl methyl sites for hydroxylation is 1. The first-order valence-electron chi connectivity index (χ1n) is 4.68. The molecular formula is C10H9F6NO. The molecule has 102 valence electrons.